The second-order valence-corrected chi connectivity index (χ2v) is 1.79. The molecule has 0 amide bonds. The van der Waals surface area contributed by atoms with Gasteiger partial charge in [-0.1, -0.05) is 0 Å². The molecule has 0 spiro atoms. The quantitative estimate of drug-likeness (QED) is 0.180. The zero-order chi connectivity index (χ0) is 8.59. The standard InChI is InChI=1S/C3H6N6O2/c4-1-7-2(5)9(11)3(6)8(1)10/h10H,(H5,4,5,6,7)/p+1. The van der Waals surface area contributed by atoms with Gasteiger partial charge in [-0.15, -0.1) is 0 Å². The summed E-state index contributed by atoms with van der Waals surface area (Å²) < 4.78 is 0.291. The number of hydrogen-bond donors (Lipinski definition) is 4. The highest BCUT2D eigenvalue weighted by atomic mass is 16.5. The monoisotopic (exact) mass is 159 g/mol. The lowest BCUT2D eigenvalue weighted by Gasteiger charge is -2.03. The molecule has 0 unspecified atom stereocenters. The lowest BCUT2D eigenvalue weighted by atomic mass is 10.8. The normalized spacial score (nSPS) is 9.82. The third-order valence-corrected chi connectivity index (χ3v) is 1.08. The van der Waals surface area contributed by atoms with Crippen molar-refractivity contribution in [3.8, 4) is 0 Å². The Kier molecular flexibility index (Phi) is 1.30. The molecule has 0 atom stereocenters. The molecule has 0 saturated carbocycles. The first-order chi connectivity index (χ1) is 5.04. The highest BCUT2D eigenvalue weighted by Gasteiger charge is 2.20. The lowest BCUT2D eigenvalue weighted by molar-refractivity contribution is -0.918. The molecule has 0 aliphatic heterocycles. The van der Waals surface area contributed by atoms with Crippen LogP contribution in [0, 0.1) is 5.21 Å². The van der Waals surface area contributed by atoms with E-state index in [4.69, 9.17) is 22.4 Å². The van der Waals surface area contributed by atoms with Gasteiger partial charge >= 0.3 is 17.8 Å². The zero-order valence-electron chi connectivity index (χ0n) is 5.43. The second-order valence-electron chi connectivity index (χ2n) is 1.79. The zero-order valence-corrected chi connectivity index (χ0v) is 5.43. The fourth-order valence-electron chi connectivity index (χ4n) is 0.531. The smallest absolute Gasteiger partial charge is 0.475 e. The average Bonchev–Trinajstić information content (AvgIpc) is 1.97. The Bertz CT molecular complexity index is 272. The van der Waals surface area contributed by atoms with Gasteiger partial charge in [-0.3, -0.25) is 11.5 Å². The Morgan fingerprint density at radius 2 is 1.82 bits per heavy atom. The van der Waals surface area contributed by atoms with Crippen LogP contribution in [0.25, 0.3) is 0 Å². The molecule has 1 aromatic rings. The molecule has 60 valence electrons. The van der Waals surface area contributed by atoms with Crippen molar-refractivity contribution < 1.29 is 14.7 Å². The maximum Gasteiger partial charge on any atom is 0.475 e. The Balaban J connectivity index is 3.46. The molecule has 0 aromatic carbocycles. The number of nitrogen functional groups attached to an aromatic ring is 3. The van der Waals surface area contributed by atoms with Crippen LogP contribution in [0.3, 0.4) is 0 Å². The number of aromatic nitrogens is 3. The van der Waals surface area contributed by atoms with Gasteiger partial charge in [-0.25, -0.2) is 0 Å². The Hall–Kier alpha value is -1.99. The van der Waals surface area contributed by atoms with Crippen LogP contribution in [-0.4, -0.2) is 10.2 Å². The number of rotatable bonds is 0. The van der Waals surface area contributed by atoms with Crippen molar-refractivity contribution in [2.75, 3.05) is 17.2 Å². The van der Waals surface area contributed by atoms with E-state index in [2.05, 4.69) is 4.98 Å². The van der Waals surface area contributed by atoms with Gasteiger partial charge in [0.25, 0.3) is 0 Å². The predicted molar refractivity (Wildman–Crippen MR) is 33.8 cm³/mol. The van der Waals surface area contributed by atoms with Crippen molar-refractivity contribution in [2.45, 2.75) is 0 Å². The van der Waals surface area contributed by atoms with Gasteiger partial charge < -0.3 is 16.1 Å². The number of nitrogens with zero attached hydrogens (tertiary/aromatic N) is 3. The summed E-state index contributed by atoms with van der Waals surface area (Å²) in [4.78, 5) is 3.27. The van der Waals surface area contributed by atoms with Crippen molar-refractivity contribution in [1.29, 1.82) is 0 Å². The molecule has 7 N–H and O–H groups in total. The first-order valence-corrected chi connectivity index (χ1v) is 2.59. The minimum absolute atomic E-state index is 0.0519. The molecule has 0 radical (unpaired) electrons. The fraction of sp³-hybridized carbons (Fsp3) is 0. The van der Waals surface area contributed by atoms with Crippen LogP contribution in [0.2, 0.25) is 0 Å². The van der Waals surface area contributed by atoms with E-state index in [0.717, 1.165) is 0 Å². The van der Waals surface area contributed by atoms with Crippen molar-refractivity contribution >= 4 is 17.8 Å². The highest BCUT2D eigenvalue weighted by molar-refractivity contribution is 5.18. The summed E-state index contributed by atoms with van der Waals surface area (Å²) in [5, 5.41) is 19.5. The molecule has 8 heteroatoms. The van der Waals surface area contributed by atoms with Crippen molar-refractivity contribution in [3.05, 3.63) is 5.21 Å². The summed E-state index contributed by atoms with van der Waals surface area (Å²) in [5.41, 5.74) is 15.2. The van der Waals surface area contributed by atoms with Crippen LogP contribution >= 0.6 is 0 Å². The fourth-order valence-corrected chi connectivity index (χ4v) is 0.531. The molecule has 11 heavy (non-hydrogen) atoms. The topological polar surface area (TPSA) is 142 Å². The highest BCUT2D eigenvalue weighted by Crippen LogP contribution is 1.91. The van der Waals surface area contributed by atoms with Crippen molar-refractivity contribution in [1.82, 2.24) is 4.98 Å². The maximum atomic E-state index is 10.7. The van der Waals surface area contributed by atoms with E-state index in [1.165, 1.54) is 0 Å². The molecule has 0 aliphatic carbocycles. The van der Waals surface area contributed by atoms with Gasteiger partial charge in [0.15, 0.2) is 0 Å². The molecular formula is C3H7N6O2+. The molecule has 0 fully saturated rings. The minimum Gasteiger partial charge on any atom is -0.723 e. The Labute approximate surface area is 61.0 Å². The minimum atomic E-state index is -0.532. The first-order valence-electron chi connectivity index (χ1n) is 2.59. The summed E-state index contributed by atoms with van der Waals surface area (Å²) in [6.45, 7) is 0. The summed E-state index contributed by atoms with van der Waals surface area (Å²) in [7, 11) is 0. The van der Waals surface area contributed by atoms with Gasteiger partial charge in [-0.2, -0.15) is 4.73 Å². The molecule has 1 rings (SSSR count). The first kappa shape index (κ1) is 7.12. The molecule has 0 aliphatic rings. The van der Waals surface area contributed by atoms with Crippen LogP contribution in [-0.2, 0) is 0 Å². The molecule has 8 nitrogen and oxygen atoms in total. The summed E-state index contributed by atoms with van der Waals surface area (Å²) >= 11 is 0. The van der Waals surface area contributed by atoms with E-state index in [1.807, 2.05) is 0 Å². The Morgan fingerprint density at radius 3 is 2.36 bits per heavy atom. The number of nitrogens with two attached hydrogens (primary N) is 3. The van der Waals surface area contributed by atoms with Gasteiger partial charge in [0, 0.05) is 9.71 Å². The van der Waals surface area contributed by atoms with Gasteiger partial charge in [0.2, 0.25) is 0 Å². The van der Waals surface area contributed by atoms with E-state index in [0.29, 0.717) is 0 Å². The van der Waals surface area contributed by atoms with Gasteiger partial charge in [0.05, 0.1) is 0 Å². The summed E-state index contributed by atoms with van der Waals surface area (Å²) in [5.74, 6) is -1.28. The number of anilines is 3. The third kappa shape index (κ3) is 0.892. The largest absolute Gasteiger partial charge is 0.723 e. The van der Waals surface area contributed by atoms with Crippen LogP contribution in [0.4, 0.5) is 17.8 Å². The van der Waals surface area contributed by atoms with Crippen LogP contribution in [0.1, 0.15) is 0 Å². The van der Waals surface area contributed by atoms with Crippen molar-refractivity contribution in [3.63, 3.8) is 0 Å². The SMILES string of the molecule is Nc1nc(N)[n+](O)c(N)[n+]1[O-]. The molecule has 1 heterocycles. The van der Waals surface area contributed by atoms with E-state index in [1.54, 1.807) is 0 Å². The molecular weight excluding hydrogens is 152 g/mol. The van der Waals surface area contributed by atoms with Crippen LogP contribution in [0.15, 0.2) is 0 Å². The van der Waals surface area contributed by atoms with E-state index >= 15 is 0 Å². The van der Waals surface area contributed by atoms with E-state index in [9.17, 15) is 5.21 Å². The third-order valence-electron chi connectivity index (χ3n) is 1.08. The number of hydrogen-bond acceptors (Lipinski definition) is 6. The lowest BCUT2D eigenvalue weighted by Crippen LogP contribution is -2.51. The summed E-state index contributed by atoms with van der Waals surface area (Å²) in [6, 6.07) is 0. The predicted octanol–water partition coefficient (Wildman–Crippen LogP) is -3.01. The van der Waals surface area contributed by atoms with Gasteiger partial charge in [-0.05, 0) is 0 Å². The van der Waals surface area contributed by atoms with E-state index in [-0.39, 0.29) is 15.4 Å². The Morgan fingerprint density at radius 1 is 1.27 bits per heavy atom. The second kappa shape index (κ2) is 2.01. The molecule has 1 aromatic heterocycles. The average molecular weight is 159 g/mol. The van der Waals surface area contributed by atoms with E-state index < -0.39 is 11.9 Å². The summed E-state index contributed by atoms with van der Waals surface area (Å²) in [6.07, 6.45) is 0. The van der Waals surface area contributed by atoms with Crippen molar-refractivity contribution in [2.24, 2.45) is 0 Å². The van der Waals surface area contributed by atoms with Crippen LogP contribution in [0.5, 0.6) is 0 Å². The molecule has 0 saturated heterocycles. The molecule has 0 bridgehead atoms. The maximum absolute atomic E-state index is 10.7. The van der Waals surface area contributed by atoms with Gasteiger partial charge in [0.1, 0.15) is 0 Å². The van der Waals surface area contributed by atoms with Crippen LogP contribution < -0.4 is 26.7 Å².